The number of likely N-dealkylation sites (tertiary alicyclic amines) is 1. The molecule has 126 valence electrons. The molecule has 24 heavy (non-hydrogen) atoms. The second-order valence-electron chi connectivity index (χ2n) is 7.30. The van der Waals surface area contributed by atoms with Gasteiger partial charge in [-0.3, -0.25) is 4.79 Å². The van der Waals surface area contributed by atoms with Gasteiger partial charge in [-0.05, 0) is 31.6 Å². The summed E-state index contributed by atoms with van der Waals surface area (Å²) in [7, 11) is 0. The molecule has 0 aromatic carbocycles. The molecule has 0 radical (unpaired) electrons. The third kappa shape index (κ3) is 2.55. The summed E-state index contributed by atoms with van der Waals surface area (Å²) in [5.74, 6) is 2.80. The van der Waals surface area contributed by atoms with Crippen molar-refractivity contribution in [2.75, 3.05) is 13.1 Å². The summed E-state index contributed by atoms with van der Waals surface area (Å²) in [4.78, 5) is 24.3. The highest BCUT2D eigenvalue weighted by Crippen LogP contribution is 2.45. The van der Waals surface area contributed by atoms with Gasteiger partial charge >= 0.3 is 0 Å². The molecule has 6 nitrogen and oxygen atoms in total. The maximum absolute atomic E-state index is 12.3. The van der Waals surface area contributed by atoms with Gasteiger partial charge in [0.05, 0.1) is 11.2 Å². The first kappa shape index (κ1) is 14.6. The third-order valence-corrected chi connectivity index (χ3v) is 6.31. The number of hydrogen-bond donors (Lipinski definition) is 0. The van der Waals surface area contributed by atoms with Crippen LogP contribution in [0.4, 0.5) is 0 Å². The monoisotopic (exact) mass is 344 g/mol. The third-order valence-electron chi connectivity index (χ3n) is 5.48. The van der Waals surface area contributed by atoms with Crippen molar-refractivity contribution in [3.8, 4) is 10.8 Å². The molecule has 0 unspecified atom stereocenters. The molecule has 1 aliphatic heterocycles. The van der Waals surface area contributed by atoms with Crippen LogP contribution in [0.3, 0.4) is 0 Å². The van der Waals surface area contributed by atoms with Crippen LogP contribution in [0.5, 0.6) is 0 Å². The lowest BCUT2D eigenvalue weighted by Crippen LogP contribution is -2.33. The molecule has 3 fully saturated rings. The van der Waals surface area contributed by atoms with Crippen molar-refractivity contribution >= 4 is 17.2 Å². The topological polar surface area (TPSA) is 72.1 Å². The minimum Gasteiger partial charge on any atom is -0.342 e. The van der Waals surface area contributed by atoms with Crippen molar-refractivity contribution in [1.29, 1.82) is 0 Å². The molecular formula is C17H20N4O2S. The van der Waals surface area contributed by atoms with Crippen LogP contribution in [0.2, 0.25) is 0 Å². The van der Waals surface area contributed by atoms with Crippen molar-refractivity contribution in [1.82, 2.24) is 20.0 Å². The second-order valence-corrected chi connectivity index (χ2v) is 8.15. The van der Waals surface area contributed by atoms with Gasteiger partial charge in [0.25, 0.3) is 5.89 Å². The van der Waals surface area contributed by atoms with E-state index in [9.17, 15) is 4.79 Å². The molecule has 2 aliphatic carbocycles. The van der Waals surface area contributed by atoms with E-state index in [2.05, 4.69) is 15.1 Å². The number of rotatable bonds is 5. The van der Waals surface area contributed by atoms with E-state index in [-0.39, 0.29) is 11.8 Å². The highest BCUT2D eigenvalue weighted by molar-refractivity contribution is 7.13. The zero-order chi connectivity index (χ0) is 16.1. The van der Waals surface area contributed by atoms with Gasteiger partial charge in [0, 0.05) is 31.3 Å². The summed E-state index contributed by atoms with van der Waals surface area (Å²) in [6, 6.07) is 0. The molecule has 5 rings (SSSR count). The molecule has 1 saturated heterocycles. The van der Waals surface area contributed by atoms with Crippen molar-refractivity contribution in [2.24, 2.45) is 5.92 Å². The highest BCUT2D eigenvalue weighted by atomic mass is 32.1. The van der Waals surface area contributed by atoms with Crippen molar-refractivity contribution < 1.29 is 9.32 Å². The van der Waals surface area contributed by atoms with Crippen LogP contribution in [0.25, 0.3) is 10.8 Å². The van der Waals surface area contributed by atoms with Gasteiger partial charge < -0.3 is 9.42 Å². The lowest BCUT2D eigenvalue weighted by Gasteiger charge is -2.30. The van der Waals surface area contributed by atoms with Crippen molar-refractivity contribution in [2.45, 2.75) is 50.4 Å². The zero-order valence-corrected chi connectivity index (χ0v) is 14.3. The maximum Gasteiger partial charge on any atom is 0.269 e. The minimum atomic E-state index is 0.0624. The Kier molecular flexibility index (Phi) is 3.43. The lowest BCUT2D eigenvalue weighted by atomic mass is 9.85. The quantitative estimate of drug-likeness (QED) is 0.833. The smallest absolute Gasteiger partial charge is 0.269 e. The zero-order valence-electron chi connectivity index (χ0n) is 13.5. The predicted molar refractivity (Wildman–Crippen MR) is 88.7 cm³/mol. The van der Waals surface area contributed by atoms with Crippen LogP contribution in [0.15, 0.2) is 10.0 Å². The summed E-state index contributed by atoms with van der Waals surface area (Å²) in [6.07, 6.45) is 6.73. The SMILES string of the molecule is O=C1C[C@@H](c2noc(-c3scnc3C3CC3)n2)CN1CC1CCC1. The van der Waals surface area contributed by atoms with E-state index in [1.54, 1.807) is 11.3 Å². The van der Waals surface area contributed by atoms with Crippen LogP contribution in [0, 0.1) is 5.92 Å². The Bertz CT molecular complexity index is 762. The molecule has 0 spiro atoms. The normalized spacial score (nSPS) is 24.6. The van der Waals surface area contributed by atoms with E-state index >= 15 is 0 Å². The number of thiazole rings is 1. The number of hydrogen-bond acceptors (Lipinski definition) is 6. The molecule has 3 aliphatic rings. The molecule has 2 aromatic heterocycles. The summed E-state index contributed by atoms with van der Waals surface area (Å²) >= 11 is 1.56. The number of nitrogens with zero attached hydrogens (tertiary/aromatic N) is 4. The summed E-state index contributed by atoms with van der Waals surface area (Å²) < 4.78 is 5.50. The van der Waals surface area contributed by atoms with Crippen molar-refractivity contribution in [3.63, 3.8) is 0 Å². The van der Waals surface area contributed by atoms with E-state index in [0.29, 0.717) is 30.0 Å². The van der Waals surface area contributed by atoms with Crippen LogP contribution in [-0.4, -0.2) is 39.0 Å². The Labute approximate surface area is 144 Å². The average molecular weight is 344 g/mol. The molecule has 0 N–H and O–H groups in total. The molecule has 3 heterocycles. The molecule has 1 amide bonds. The molecule has 0 bridgehead atoms. The maximum atomic E-state index is 12.3. The van der Waals surface area contributed by atoms with Gasteiger partial charge in [0.2, 0.25) is 5.91 Å². The van der Waals surface area contributed by atoms with Gasteiger partial charge in [-0.15, -0.1) is 11.3 Å². The highest BCUT2D eigenvalue weighted by Gasteiger charge is 2.36. The number of carbonyl (C=O) groups is 1. The Balaban J connectivity index is 1.32. The average Bonchev–Trinajstić information content (AvgIpc) is 2.97. The second kappa shape index (κ2) is 5.65. The van der Waals surface area contributed by atoms with Crippen LogP contribution in [-0.2, 0) is 4.79 Å². The Morgan fingerprint density at radius 3 is 2.88 bits per heavy atom. The summed E-state index contributed by atoms with van der Waals surface area (Å²) in [5, 5.41) is 4.17. The Morgan fingerprint density at radius 2 is 2.12 bits per heavy atom. The van der Waals surface area contributed by atoms with Crippen LogP contribution < -0.4 is 0 Å². The van der Waals surface area contributed by atoms with E-state index in [1.807, 2.05) is 10.4 Å². The van der Waals surface area contributed by atoms with E-state index in [0.717, 1.165) is 23.7 Å². The fraction of sp³-hybridized carbons (Fsp3) is 0.647. The standard InChI is InChI=1S/C17H20N4O2S/c22-13-6-12(8-21(13)7-10-2-1-3-10)16-19-17(23-20-16)15-14(11-4-5-11)18-9-24-15/h9-12H,1-8H2/t12-/m1/s1. The summed E-state index contributed by atoms with van der Waals surface area (Å²) in [5.41, 5.74) is 2.95. The van der Waals surface area contributed by atoms with Crippen LogP contribution >= 0.6 is 11.3 Å². The molecule has 1 atom stereocenters. The largest absolute Gasteiger partial charge is 0.342 e. The van der Waals surface area contributed by atoms with Gasteiger partial charge in [-0.1, -0.05) is 11.6 Å². The summed E-state index contributed by atoms with van der Waals surface area (Å²) in [6.45, 7) is 1.63. The fourth-order valence-electron chi connectivity index (χ4n) is 3.66. The minimum absolute atomic E-state index is 0.0624. The molecule has 7 heteroatoms. The fourth-order valence-corrected chi connectivity index (χ4v) is 4.46. The first-order valence-corrected chi connectivity index (χ1v) is 9.71. The van der Waals surface area contributed by atoms with Gasteiger partial charge in [0.1, 0.15) is 4.88 Å². The van der Waals surface area contributed by atoms with E-state index in [4.69, 9.17) is 4.52 Å². The number of carbonyl (C=O) groups excluding carboxylic acids is 1. The predicted octanol–water partition coefficient (Wildman–Crippen LogP) is 3.19. The first-order valence-electron chi connectivity index (χ1n) is 8.83. The van der Waals surface area contributed by atoms with Gasteiger partial charge in [-0.2, -0.15) is 4.98 Å². The Hall–Kier alpha value is -1.76. The number of aromatic nitrogens is 3. The number of amides is 1. The molecular weight excluding hydrogens is 324 g/mol. The Morgan fingerprint density at radius 1 is 1.25 bits per heavy atom. The van der Waals surface area contributed by atoms with E-state index < -0.39 is 0 Å². The lowest BCUT2D eigenvalue weighted by molar-refractivity contribution is -0.128. The van der Waals surface area contributed by atoms with Gasteiger partial charge in [-0.25, -0.2) is 4.98 Å². The molecule has 2 saturated carbocycles. The van der Waals surface area contributed by atoms with Crippen LogP contribution in [0.1, 0.15) is 61.9 Å². The van der Waals surface area contributed by atoms with Crippen molar-refractivity contribution in [3.05, 3.63) is 17.0 Å². The van der Waals surface area contributed by atoms with Gasteiger partial charge in [0.15, 0.2) is 5.82 Å². The van der Waals surface area contributed by atoms with E-state index in [1.165, 1.54) is 32.1 Å². The molecule has 2 aromatic rings. The first-order chi connectivity index (χ1) is 11.8.